The number of unbranched alkanes of at least 4 members (excludes halogenated alkanes) is 1. The van der Waals surface area contributed by atoms with E-state index < -0.39 is 0 Å². The van der Waals surface area contributed by atoms with Crippen molar-refractivity contribution in [2.75, 3.05) is 39.3 Å². The van der Waals surface area contributed by atoms with E-state index in [1.54, 1.807) is 0 Å². The zero-order valence-corrected chi connectivity index (χ0v) is 21.3. The van der Waals surface area contributed by atoms with E-state index in [0.717, 1.165) is 64.3 Å². The largest absolute Gasteiger partial charge is 0.492 e. The van der Waals surface area contributed by atoms with Crippen LogP contribution in [0.25, 0.3) is 0 Å². The van der Waals surface area contributed by atoms with Crippen LogP contribution >= 0.6 is 0 Å². The van der Waals surface area contributed by atoms with Crippen LogP contribution < -0.4 is 4.74 Å². The van der Waals surface area contributed by atoms with E-state index in [4.69, 9.17) is 9.26 Å². The summed E-state index contributed by atoms with van der Waals surface area (Å²) in [6.07, 6.45) is 9.22. The van der Waals surface area contributed by atoms with Gasteiger partial charge in [0.2, 0.25) is 0 Å². The number of piperidine rings is 1. The molecule has 0 radical (unpaired) electrons. The van der Waals surface area contributed by atoms with Gasteiger partial charge in [-0.1, -0.05) is 43.1 Å². The van der Waals surface area contributed by atoms with Crippen LogP contribution in [0.2, 0.25) is 0 Å². The molecule has 2 aromatic rings. The minimum atomic E-state index is 0.0760. The lowest BCUT2D eigenvalue weighted by Crippen LogP contribution is -2.49. The number of hydrogen-bond acceptors (Lipinski definition) is 5. The number of carbonyl (C=O) groups is 1. The van der Waals surface area contributed by atoms with E-state index in [1.165, 1.54) is 37.7 Å². The van der Waals surface area contributed by atoms with Crippen LogP contribution in [0.4, 0.5) is 0 Å². The van der Waals surface area contributed by atoms with Gasteiger partial charge in [0.1, 0.15) is 23.7 Å². The Morgan fingerprint density at radius 3 is 2.62 bits per heavy atom. The molecule has 2 aliphatic rings. The van der Waals surface area contributed by atoms with E-state index >= 15 is 0 Å². The molecule has 0 aliphatic carbocycles. The standard InChI is InChI=1S/C28H41N3O3/c1-4-5-16-30-19-20-33-25-12-7-6-10-24(25)11-8-9-13-28(21-30)14-17-31(18-15-28)27(32)26-22(2)29-34-23(26)3/h6-7,10,12H,4-5,8-9,11,13-21H2,1-3H3. The normalized spacial score (nSPS) is 19.7. The van der Waals surface area contributed by atoms with Crippen molar-refractivity contribution in [3.8, 4) is 5.75 Å². The second kappa shape index (κ2) is 11.4. The molecule has 1 aromatic heterocycles. The maximum atomic E-state index is 13.2. The minimum absolute atomic E-state index is 0.0760. The number of benzene rings is 1. The van der Waals surface area contributed by atoms with Gasteiger partial charge in [-0.25, -0.2) is 0 Å². The summed E-state index contributed by atoms with van der Waals surface area (Å²) in [6, 6.07) is 8.52. The Morgan fingerprint density at radius 1 is 1.09 bits per heavy atom. The Labute approximate surface area is 204 Å². The molecule has 0 unspecified atom stereocenters. The summed E-state index contributed by atoms with van der Waals surface area (Å²) < 4.78 is 11.5. The Bertz CT molecular complexity index is 927. The van der Waals surface area contributed by atoms with Gasteiger partial charge in [-0.2, -0.15) is 0 Å². The fourth-order valence-corrected chi connectivity index (χ4v) is 5.70. The van der Waals surface area contributed by atoms with Crippen LogP contribution in [0.5, 0.6) is 5.75 Å². The first kappa shape index (κ1) is 24.8. The predicted molar refractivity (Wildman–Crippen MR) is 134 cm³/mol. The van der Waals surface area contributed by atoms with Crippen molar-refractivity contribution in [2.45, 2.75) is 72.1 Å². The third-order valence-corrected chi connectivity index (χ3v) is 7.79. The fourth-order valence-electron chi connectivity index (χ4n) is 5.70. The number of para-hydroxylation sites is 1. The summed E-state index contributed by atoms with van der Waals surface area (Å²) in [5, 5.41) is 3.99. The minimum Gasteiger partial charge on any atom is -0.492 e. The van der Waals surface area contributed by atoms with Crippen LogP contribution in [0.3, 0.4) is 0 Å². The van der Waals surface area contributed by atoms with Gasteiger partial charge in [0, 0.05) is 26.2 Å². The molecular weight excluding hydrogens is 426 g/mol. The van der Waals surface area contributed by atoms with Crippen molar-refractivity contribution in [1.29, 1.82) is 0 Å². The molecule has 34 heavy (non-hydrogen) atoms. The quantitative estimate of drug-likeness (QED) is 0.601. The van der Waals surface area contributed by atoms with Crippen molar-refractivity contribution in [1.82, 2.24) is 15.0 Å². The molecule has 6 heteroatoms. The SMILES string of the molecule is CCCCN1CCOc2ccccc2CCCCC2(CCN(C(=O)c3c(C)noc3C)CC2)C1. The zero-order valence-electron chi connectivity index (χ0n) is 21.3. The summed E-state index contributed by atoms with van der Waals surface area (Å²) in [7, 11) is 0. The van der Waals surface area contributed by atoms with Gasteiger partial charge in [-0.3, -0.25) is 9.69 Å². The summed E-state index contributed by atoms with van der Waals surface area (Å²) in [5.41, 5.74) is 2.94. The molecule has 6 nitrogen and oxygen atoms in total. The van der Waals surface area contributed by atoms with Crippen LogP contribution in [0.15, 0.2) is 28.8 Å². The third-order valence-electron chi connectivity index (χ3n) is 7.79. The number of nitrogens with zero attached hydrogens (tertiary/aromatic N) is 3. The molecule has 4 rings (SSSR count). The zero-order chi connectivity index (χ0) is 24.0. The first-order chi connectivity index (χ1) is 16.5. The number of amides is 1. The second-order valence-corrected chi connectivity index (χ2v) is 10.3. The maximum absolute atomic E-state index is 13.2. The maximum Gasteiger partial charge on any atom is 0.259 e. The molecule has 0 saturated carbocycles. The highest BCUT2D eigenvalue weighted by molar-refractivity contribution is 5.96. The summed E-state index contributed by atoms with van der Waals surface area (Å²) in [5.74, 6) is 1.76. The van der Waals surface area contributed by atoms with Crippen LogP contribution in [0, 0.1) is 19.3 Å². The topological polar surface area (TPSA) is 58.8 Å². The molecule has 0 bridgehead atoms. The number of aromatic nitrogens is 1. The highest BCUT2D eigenvalue weighted by Gasteiger charge is 2.38. The molecule has 1 fully saturated rings. The first-order valence-corrected chi connectivity index (χ1v) is 13.2. The van der Waals surface area contributed by atoms with Crippen LogP contribution in [-0.4, -0.2) is 60.2 Å². The van der Waals surface area contributed by atoms with Crippen molar-refractivity contribution in [2.24, 2.45) is 5.41 Å². The molecular formula is C28H41N3O3. The van der Waals surface area contributed by atoms with Gasteiger partial charge in [0.15, 0.2) is 0 Å². The van der Waals surface area contributed by atoms with Gasteiger partial charge in [0.25, 0.3) is 5.91 Å². The van der Waals surface area contributed by atoms with Crippen molar-refractivity contribution >= 4 is 5.91 Å². The van der Waals surface area contributed by atoms with Crippen molar-refractivity contribution in [3.63, 3.8) is 0 Å². The molecule has 0 N–H and O–H groups in total. The Morgan fingerprint density at radius 2 is 1.88 bits per heavy atom. The van der Waals surface area contributed by atoms with E-state index in [0.29, 0.717) is 17.0 Å². The number of carbonyl (C=O) groups excluding carboxylic acids is 1. The predicted octanol–water partition coefficient (Wildman–Crippen LogP) is 5.42. The lowest BCUT2D eigenvalue weighted by atomic mass is 9.73. The van der Waals surface area contributed by atoms with E-state index in [2.05, 4.69) is 41.2 Å². The summed E-state index contributed by atoms with van der Waals surface area (Å²) in [4.78, 5) is 17.8. The van der Waals surface area contributed by atoms with Crippen molar-refractivity contribution in [3.05, 3.63) is 46.8 Å². The van der Waals surface area contributed by atoms with Crippen LogP contribution in [0.1, 0.15) is 79.2 Å². The summed E-state index contributed by atoms with van der Waals surface area (Å²) >= 11 is 0. The molecule has 0 atom stereocenters. The lowest BCUT2D eigenvalue weighted by Gasteiger charge is -2.45. The fraction of sp³-hybridized carbons (Fsp3) is 0.643. The van der Waals surface area contributed by atoms with E-state index in [-0.39, 0.29) is 11.3 Å². The Kier molecular flexibility index (Phi) is 8.30. The molecule has 1 saturated heterocycles. The molecule has 1 aromatic carbocycles. The monoisotopic (exact) mass is 467 g/mol. The Balaban J connectivity index is 1.46. The number of rotatable bonds is 4. The number of fused-ring (bicyclic) bond motifs is 1. The Hall–Kier alpha value is -2.34. The highest BCUT2D eigenvalue weighted by Crippen LogP contribution is 2.39. The van der Waals surface area contributed by atoms with Gasteiger partial charge in [0.05, 0.1) is 5.69 Å². The van der Waals surface area contributed by atoms with Gasteiger partial charge in [-0.15, -0.1) is 0 Å². The van der Waals surface area contributed by atoms with E-state index in [1.807, 2.05) is 18.7 Å². The number of aryl methyl sites for hydroxylation is 3. The second-order valence-electron chi connectivity index (χ2n) is 10.3. The highest BCUT2D eigenvalue weighted by atomic mass is 16.5. The van der Waals surface area contributed by atoms with Gasteiger partial charge in [-0.05, 0) is 76.0 Å². The molecule has 1 amide bonds. The summed E-state index contributed by atoms with van der Waals surface area (Å²) in [6.45, 7) is 11.5. The average Bonchev–Trinajstić information content (AvgIpc) is 3.18. The van der Waals surface area contributed by atoms with Gasteiger partial charge >= 0.3 is 0 Å². The number of likely N-dealkylation sites (tertiary alicyclic amines) is 1. The lowest BCUT2D eigenvalue weighted by molar-refractivity contribution is 0.0373. The molecule has 186 valence electrons. The van der Waals surface area contributed by atoms with Crippen LogP contribution in [-0.2, 0) is 6.42 Å². The smallest absolute Gasteiger partial charge is 0.259 e. The average molecular weight is 468 g/mol. The number of ether oxygens (including phenoxy) is 1. The molecule has 3 heterocycles. The van der Waals surface area contributed by atoms with Gasteiger partial charge < -0.3 is 14.2 Å². The van der Waals surface area contributed by atoms with E-state index in [9.17, 15) is 4.79 Å². The third kappa shape index (κ3) is 5.83. The van der Waals surface area contributed by atoms with Crippen molar-refractivity contribution < 1.29 is 14.1 Å². The first-order valence-electron chi connectivity index (χ1n) is 13.2. The number of hydrogen-bond donors (Lipinski definition) is 0. The molecule has 2 aliphatic heterocycles. The molecule has 1 spiro atoms.